The number of rotatable bonds is 1. The van der Waals surface area contributed by atoms with E-state index in [4.69, 9.17) is 0 Å². The molecule has 3 nitrogen and oxygen atoms in total. The lowest BCUT2D eigenvalue weighted by Gasteiger charge is -2.17. The van der Waals surface area contributed by atoms with Gasteiger partial charge in [-0.1, -0.05) is 20.8 Å². The van der Waals surface area contributed by atoms with E-state index >= 15 is 0 Å². The van der Waals surface area contributed by atoms with E-state index < -0.39 is 9.84 Å². The molecule has 0 saturated carbocycles. The van der Waals surface area contributed by atoms with Crippen LogP contribution < -0.4 is 0 Å². The van der Waals surface area contributed by atoms with Crippen molar-refractivity contribution < 1.29 is 8.42 Å². The zero-order valence-corrected chi connectivity index (χ0v) is 9.72. The highest BCUT2D eigenvalue weighted by molar-refractivity contribution is 7.90. The van der Waals surface area contributed by atoms with Crippen LogP contribution in [0.3, 0.4) is 0 Å². The highest BCUT2D eigenvalue weighted by atomic mass is 32.2. The summed E-state index contributed by atoms with van der Waals surface area (Å²) >= 11 is 0. The summed E-state index contributed by atoms with van der Waals surface area (Å²) in [5.41, 5.74) is 0.668. The molecular formula is C10H15NO2S. The molecule has 0 atom stereocenters. The molecule has 4 heteroatoms. The van der Waals surface area contributed by atoms with E-state index in [9.17, 15) is 8.42 Å². The Labute approximate surface area is 85.1 Å². The van der Waals surface area contributed by atoms with E-state index in [1.165, 1.54) is 18.5 Å². The van der Waals surface area contributed by atoms with Crippen LogP contribution in [0.2, 0.25) is 0 Å². The van der Waals surface area contributed by atoms with Crippen LogP contribution in [0, 0.1) is 0 Å². The predicted molar refractivity (Wildman–Crippen MR) is 56.0 cm³/mol. The van der Waals surface area contributed by atoms with Gasteiger partial charge in [-0.2, -0.15) is 0 Å². The monoisotopic (exact) mass is 213 g/mol. The minimum absolute atomic E-state index is 0.124. The number of aromatic nitrogens is 1. The minimum atomic E-state index is -3.13. The maximum atomic E-state index is 11.3. The van der Waals surface area contributed by atoms with Gasteiger partial charge in [0, 0.05) is 23.6 Å². The van der Waals surface area contributed by atoms with Gasteiger partial charge in [-0.05, 0) is 12.1 Å². The summed E-state index contributed by atoms with van der Waals surface area (Å²) in [6.07, 6.45) is 2.74. The van der Waals surface area contributed by atoms with Crippen molar-refractivity contribution in [3.63, 3.8) is 0 Å². The molecule has 0 aliphatic carbocycles. The van der Waals surface area contributed by atoms with Crippen LogP contribution in [0.15, 0.2) is 23.2 Å². The van der Waals surface area contributed by atoms with Crippen molar-refractivity contribution in [1.29, 1.82) is 0 Å². The Morgan fingerprint density at radius 3 is 2.29 bits per heavy atom. The topological polar surface area (TPSA) is 47.0 Å². The van der Waals surface area contributed by atoms with Gasteiger partial charge in [0.25, 0.3) is 0 Å². The lowest BCUT2D eigenvalue weighted by molar-refractivity contribution is 0.565. The Morgan fingerprint density at radius 2 is 1.86 bits per heavy atom. The van der Waals surface area contributed by atoms with E-state index in [1.54, 1.807) is 6.07 Å². The number of hydrogen-bond donors (Lipinski definition) is 0. The molecule has 0 aliphatic rings. The first-order valence-corrected chi connectivity index (χ1v) is 6.27. The molecule has 0 fully saturated rings. The van der Waals surface area contributed by atoms with Gasteiger partial charge < -0.3 is 0 Å². The standard InChI is InChI=1S/C10H15NO2S/c1-10(2,3)9-7-8(5-6-11-9)14(4,12)13/h5-7H,1-4H3. The highest BCUT2D eigenvalue weighted by Crippen LogP contribution is 2.21. The highest BCUT2D eigenvalue weighted by Gasteiger charge is 2.17. The average molecular weight is 213 g/mol. The van der Waals surface area contributed by atoms with Crippen molar-refractivity contribution >= 4 is 9.84 Å². The lowest BCUT2D eigenvalue weighted by atomic mass is 9.92. The summed E-state index contributed by atoms with van der Waals surface area (Å²) in [5, 5.41) is 0. The van der Waals surface area contributed by atoms with E-state index in [0.29, 0.717) is 4.90 Å². The molecule has 1 aromatic heterocycles. The third-order valence-electron chi connectivity index (χ3n) is 1.93. The van der Waals surface area contributed by atoms with Crippen LogP contribution in [0.5, 0.6) is 0 Å². The summed E-state index contributed by atoms with van der Waals surface area (Å²) in [7, 11) is -3.13. The van der Waals surface area contributed by atoms with Gasteiger partial charge in [-0.15, -0.1) is 0 Å². The van der Waals surface area contributed by atoms with Gasteiger partial charge >= 0.3 is 0 Å². The number of nitrogens with zero attached hydrogens (tertiary/aromatic N) is 1. The molecule has 0 unspecified atom stereocenters. The summed E-state index contributed by atoms with van der Waals surface area (Å²) in [6, 6.07) is 3.15. The lowest BCUT2D eigenvalue weighted by Crippen LogP contribution is -2.14. The summed E-state index contributed by atoms with van der Waals surface area (Å²) in [6.45, 7) is 6.00. The van der Waals surface area contributed by atoms with Crippen LogP contribution in [0.4, 0.5) is 0 Å². The Balaban J connectivity index is 3.29. The molecule has 78 valence electrons. The van der Waals surface area contributed by atoms with Crippen molar-refractivity contribution in [3.8, 4) is 0 Å². The van der Waals surface area contributed by atoms with Crippen LogP contribution in [0.25, 0.3) is 0 Å². The van der Waals surface area contributed by atoms with Crippen LogP contribution in [-0.4, -0.2) is 19.7 Å². The van der Waals surface area contributed by atoms with Crippen LogP contribution in [0.1, 0.15) is 26.5 Å². The van der Waals surface area contributed by atoms with Gasteiger partial charge in [-0.3, -0.25) is 4.98 Å². The second-order valence-corrected chi connectivity index (χ2v) is 6.41. The van der Waals surface area contributed by atoms with Crippen molar-refractivity contribution in [1.82, 2.24) is 4.98 Å². The zero-order valence-electron chi connectivity index (χ0n) is 8.90. The van der Waals surface area contributed by atoms with Gasteiger partial charge in [0.05, 0.1) is 4.90 Å². The van der Waals surface area contributed by atoms with Crippen molar-refractivity contribution in [2.75, 3.05) is 6.26 Å². The molecule has 1 rings (SSSR count). The fourth-order valence-corrected chi connectivity index (χ4v) is 1.69. The van der Waals surface area contributed by atoms with Crippen molar-refractivity contribution in [3.05, 3.63) is 24.0 Å². The minimum Gasteiger partial charge on any atom is -0.261 e. The molecule has 0 amide bonds. The zero-order chi connectivity index (χ0) is 11.0. The Morgan fingerprint density at radius 1 is 1.29 bits per heavy atom. The summed E-state index contributed by atoms with van der Waals surface area (Å²) in [4.78, 5) is 4.49. The van der Waals surface area contributed by atoms with E-state index in [0.717, 1.165) is 5.69 Å². The number of pyridine rings is 1. The average Bonchev–Trinajstić information content (AvgIpc) is 2.01. The Bertz CT molecular complexity index is 430. The molecule has 0 saturated heterocycles. The van der Waals surface area contributed by atoms with Crippen molar-refractivity contribution in [2.45, 2.75) is 31.1 Å². The van der Waals surface area contributed by atoms with E-state index in [-0.39, 0.29) is 5.41 Å². The van der Waals surface area contributed by atoms with Gasteiger partial charge in [0.1, 0.15) is 0 Å². The fraction of sp³-hybridized carbons (Fsp3) is 0.500. The first kappa shape index (κ1) is 11.2. The summed E-state index contributed by atoms with van der Waals surface area (Å²) < 4.78 is 22.6. The van der Waals surface area contributed by atoms with Crippen LogP contribution >= 0.6 is 0 Å². The van der Waals surface area contributed by atoms with Gasteiger partial charge in [-0.25, -0.2) is 8.42 Å². The predicted octanol–water partition coefficient (Wildman–Crippen LogP) is 1.78. The number of hydrogen-bond acceptors (Lipinski definition) is 3. The second-order valence-electron chi connectivity index (χ2n) is 4.40. The first-order chi connectivity index (χ1) is 6.21. The normalized spacial score (nSPS) is 12.9. The van der Waals surface area contributed by atoms with Gasteiger partial charge in [0.2, 0.25) is 0 Å². The first-order valence-electron chi connectivity index (χ1n) is 4.38. The SMILES string of the molecule is CC(C)(C)c1cc(S(C)(=O)=O)ccn1. The molecule has 0 N–H and O–H groups in total. The maximum absolute atomic E-state index is 11.3. The third-order valence-corrected chi connectivity index (χ3v) is 3.04. The smallest absolute Gasteiger partial charge is 0.175 e. The molecule has 0 aromatic carbocycles. The van der Waals surface area contributed by atoms with Crippen LogP contribution in [-0.2, 0) is 15.3 Å². The molecule has 1 heterocycles. The summed E-state index contributed by atoms with van der Waals surface area (Å²) in [5.74, 6) is 0. The molecule has 0 spiro atoms. The molecular weight excluding hydrogens is 198 g/mol. The fourth-order valence-electron chi connectivity index (χ4n) is 1.05. The Kier molecular flexibility index (Phi) is 2.67. The molecule has 14 heavy (non-hydrogen) atoms. The third kappa shape index (κ3) is 2.54. The molecule has 0 aliphatic heterocycles. The van der Waals surface area contributed by atoms with Crippen molar-refractivity contribution in [2.24, 2.45) is 0 Å². The van der Waals surface area contributed by atoms with E-state index in [2.05, 4.69) is 4.98 Å². The van der Waals surface area contributed by atoms with Gasteiger partial charge in [0.15, 0.2) is 9.84 Å². The molecule has 1 aromatic rings. The van der Waals surface area contributed by atoms with E-state index in [1.807, 2.05) is 20.8 Å². The second kappa shape index (κ2) is 3.35. The Hall–Kier alpha value is -0.900. The molecule has 0 bridgehead atoms. The largest absolute Gasteiger partial charge is 0.261 e. The quantitative estimate of drug-likeness (QED) is 0.714. The maximum Gasteiger partial charge on any atom is 0.175 e. The molecule has 0 radical (unpaired) electrons. The number of sulfone groups is 1.